The van der Waals surface area contributed by atoms with Crippen LogP contribution in [-0.2, 0) is 9.53 Å². The molecule has 0 aliphatic heterocycles. The Morgan fingerprint density at radius 2 is 1.89 bits per heavy atom. The number of hydrogen-bond acceptors (Lipinski definition) is 6. The summed E-state index contributed by atoms with van der Waals surface area (Å²) in [6.07, 6.45) is 0. The Bertz CT molecular complexity index is 855. The summed E-state index contributed by atoms with van der Waals surface area (Å²) in [4.78, 5) is 36.2. The Kier molecular flexibility index (Phi) is 6.42. The summed E-state index contributed by atoms with van der Waals surface area (Å²) >= 11 is 0. The van der Waals surface area contributed by atoms with Crippen LogP contribution in [0.3, 0.4) is 0 Å². The van der Waals surface area contributed by atoms with E-state index in [2.05, 4.69) is 5.32 Å². The number of rotatable bonds is 7. The SMILES string of the molecule is CCN(C(=O)COC(=O)c1ccc(NC)c([N+](=O)[O-])c1)c1ccc(F)cc1. The molecule has 2 aromatic carbocycles. The first-order chi connectivity index (χ1) is 12.9. The van der Waals surface area contributed by atoms with E-state index in [1.54, 1.807) is 6.92 Å². The van der Waals surface area contributed by atoms with Crippen LogP contribution in [0, 0.1) is 15.9 Å². The quantitative estimate of drug-likeness (QED) is 0.453. The van der Waals surface area contributed by atoms with Crippen molar-refractivity contribution < 1.29 is 23.6 Å². The first kappa shape index (κ1) is 19.8. The van der Waals surface area contributed by atoms with Crippen LogP contribution < -0.4 is 10.2 Å². The molecule has 0 unspecified atom stereocenters. The molecule has 2 aromatic rings. The Morgan fingerprint density at radius 3 is 2.44 bits per heavy atom. The number of hydrogen-bond donors (Lipinski definition) is 1. The summed E-state index contributed by atoms with van der Waals surface area (Å²) < 4.78 is 18.0. The minimum atomic E-state index is -0.857. The summed E-state index contributed by atoms with van der Waals surface area (Å²) in [5, 5.41) is 13.7. The zero-order valence-corrected chi connectivity index (χ0v) is 14.8. The molecule has 142 valence electrons. The Hall–Kier alpha value is -3.49. The highest BCUT2D eigenvalue weighted by molar-refractivity contribution is 5.97. The van der Waals surface area contributed by atoms with Gasteiger partial charge in [0.15, 0.2) is 6.61 Å². The van der Waals surface area contributed by atoms with Gasteiger partial charge >= 0.3 is 5.97 Å². The molecule has 0 heterocycles. The Morgan fingerprint density at radius 1 is 1.22 bits per heavy atom. The van der Waals surface area contributed by atoms with Crippen LogP contribution in [-0.4, -0.2) is 37.0 Å². The number of esters is 1. The number of anilines is 2. The number of nitro groups is 1. The lowest BCUT2D eigenvalue weighted by Gasteiger charge is -2.20. The minimum Gasteiger partial charge on any atom is -0.452 e. The van der Waals surface area contributed by atoms with Crippen molar-refractivity contribution in [1.29, 1.82) is 0 Å². The van der Waals surface area contributed by atoms with Gasteiger partial charge < -0.3 is 15.0 Å². The first-order valence-corrected chi connectivity index (χ1v) is 8.06. The van der Waals surface area contributed by atoms with Crippen LogP contribution >= 0.6 is 0 Å². The second-order valence-corrected chi connectivity index (χ2v) is 5.43. The molecule has 0 saturated carbocycles. The second kappa shape index (κ2) is 8.75. The molecule has 1 N–H and O–H groups in total. The lowest BCUT2D eigenvalue weighted by Crippen LogP contribution is -2.34. The van der Waals surface area contributed by atoms with Gasteiger partial charge in [-0.3, -0.25) is 14.9 Å². The average Bonchev–Trinajstić information content (AvgIpc) is 2.67. The van der Waals surface area contributed by atoms with E-state index in [1.165, 1.54) is 48.3 Å². The molecular formula is C18H18FN3O5. The summed E-state index contributed by atoms with van der Waals surface area (Å²) in [5.74, 6) is -1.79. The van der Waals surface area contributed by atoms with E-state index in [0.717, 1.165) is 6.07 Å². The van der Waals surface area contributed by atoms with Crippen molar-refractivity contribution in [3.05, 3.63) is 64.0 Å². The number of benzene rings is 2. The maximum Gasteiger partial charge on any atom is 0.338 e. The number of nitrogens with zero attached hydrogens (tertiary/aromatic N) is 2. The smallest absolute Gasteiger partial charge is 0.338 e. The minimum absolute atomic E-state index is 0.0432. The maximum atomic E-state index is 13.0. The topological polar surface area (TPSA) is 102 Å². The summed E-state index contributed by atoms with van der Waals surface area (Å²) in [5.41, 5.74) is 0.396. The lowest BCUT2D eigenvalue weighted by molar-refractivity contribution is -0.384. The zero-order valence-electron chi connectivity index (χ0n) is 14.8. The normalized spacial score (nSPS) is 10.2. The molecule has 0 atom stereocenters. The van der Waals surface area contributed by atoms with Gasteiger partial charge in [0.05, 0.1) is 10.5 Å². The molecular weight excluding hydrogens is 357 g/mol. The highest BCUT2D eigenvalue weighted by Gasteiger charge is 2.20. The Labute approximate surface area is 154 Å². The van der Waals surface area contributed by atoms with Gasteiger partial charge in [0.25, 0.3) is 11.6 Å². The van der Waals surface area contributed by atoms with Gasteiger partial charge in [0.2, 0.25) is 0 Å². The standard InChI is InChI=1S/C18H18FN3O5/c1-3-21(14-7-5-13(19)6-8-14)17(23)11-27-18(24)12-4-9-15(20-2)16(10-12)22(25)26/h4-10,20H,3,11H2,1-2H3. The molecule has 0 aliphatic carbocycles. The maximum absolute atomic E-state index is 13.0. The highest BCUT2D eigenvalue weighted by atomic mass is 19.1. The molecule has 9 heteroatoms. The van der Waals surface area contributed by atoms with Crippen LogP contribution in [0.2, 0.25) is 0 Å². The van der Waals surface area contributed by atoms with E-state index < -0.39 is 29.2 Å². The van der Waals surface area contributed by atoms with Crippen LogP contribution in [0.25, 0.3) is 0 Å². The van der Waals surface area contributed by atoms with Crippen molar-refractivity contribution in [2.45, 2.75) is 6.92 Å². The third-order valence-corrected chi connectivity index (χ3v) is 3.78. The number of amides is 1. The molecule has 2 rings (SSSR count). The van der Waals surface area contributed by atoms with Gasteiger partial charge in [0.1, 0.15) is 11.5 Å². The van der Waals surface area contributed by atoms with Crippen molar-refractivity contribution in [1.82, 2.24) is 0 Å². The third-order valence-electron chi connectivity index (χ3n) is 3.78. The molecule has 0 radical (unpaired) electrons. The van der Waals surface area contributed by atoms with Crippen molar-refractivity contribution in [2.24, 2.45) is 0 Å². The number of carbonyl (C=O) groups excluding carboxylic acids is 2. The number of nitro benzene ring substituents is 1. The molecule has 0 spiro atoms. The Balaban J connectivity index is 2.07. The summed E-state index contributed by atoms with van der Waals surface area (Å²) in [6, 6.07) is 9.16. The molecule has 27 heavy (non-hydrogen) atoms. The molecule has 0 aromatic heterocycles. The highest BCUT2D eigenvalue weighted by Crippen LogP contribution is 2.25. The van der Waals surface area contributed by atoms with Gasteiger partial charge in [0, 0.05) is 25.3 Å². The molecule has 0 aliphatic rings. The van der Waals surface area contributed by atoms with E-state index in [-0.39, 0.29) is 16.9 Å². The fourth-order valence-electron chi connectivity index (χ4n) is 2.43. The number of carbonyl (C=O) groups is 2. The van der Waals surface area contributed by atoms with Crippen LogP contribution in [0.4, 0.5) is 21.5 Å². The number of nitrogens with one attached hydrogen (secondary N) is 1. The van der Waals surface area contributed by atoms with E-state index in [0.29, 0.717) is 12.2 Å². The van der Waals surface area contributed by atoms with E-state index >= 15 is 0 Å². The largest absolute Gasteiger partial charge is 0.452 e. The molecule has 1 amide bonds. The van der Waals surface area contributed by atoms with Gasteiger partial charge in [-0.15, -0.1) is 0 Å². The van der Waals surface area contributed by atoms with Crippen molar-refractivity contribution in [3.8, 4) is 0 Å². The molecule has 8 nitrogen and oxygen atoms in total. The van der Waals surface area contributed by atoms with Gasteiger partial charge in [-0.25, -0.2) is 9.18 Å². The molecule has 0 fully saturated rings. The van der Waals surface area contributed by atoms with Crippen LogP contribution in [0.1, 0.15) is 17.3 Å². The first-order valence-electron chi connectivity index (χ1n) is 8.06. The predicted molar refractivity (Wildman–Crippen MR) is 97.4 cm³/mol. The monoisotopic (exact) mass is 375 g/mol. The fourth-order valence-corrected chi connectivity index (χ4v) is 2.43. The van der Waals surface area contributed by atoms with Crippen LogP contribution in [0.15, 0.2) is 42.5 Å². The lowest BCUT2D eigenvalue weighted by atomic mass is 10.1. The molecule has 0 saturated heterocycles. The number of likely N-dealkylation sites (N-methyl/N-ethyl adjacent to an activating group) is 1. The van der Waals surface area contributed by atoms with Crippen molar-refractivity contribution in [3.63, 3.8) is 0 Å². The van der Waals surface area contributed by atoms with Crippen molar-refractivity contribution >= 4 is 28.9 Å². The van der Waals surface area contributed by atoms with Crippen molar-refractivity contribution in [2.75, 3.05) is 30.4 Å². The molecule has 0 bridgehead atoms. The second-order valence-electron chi connectivity index (χ2n) is 5.43. The van der Waals surface area contributed by atoms with Crippen LogP contribution in [0.5, 0.6) is 0 Å². The fraction of sp³-hybridized carbons (Fsp3) is 0.222. The van der Waals surface area contributed by atoms with Gasteiger partial charge in [-0.2, -0.15) is 0 Å². The third kappa shape index (κ3) is 4.78. The number of halogens is 1. The predicted octanol–water partition coefficient (Wildman–Crippen LogP) is 2.99. The van der Waals surface area contributed by atoms with E-state index in [9.17, 15) is 24.1 Å². The zero-order chi connectivity index (χ0) is 20.0. The van der Waals surface area contributed by atoms with E-state index in [4.69, 9.17) is 4.74 Å². The van der Waals surface area contributed by atoms with Gasteiger partial charge in [-0.1, -0.05) is 0 Å². The number of ether oxygens (including phenoxy) is 1. The summed E-state index contributed by atoms with van der Waals surface area (Å²) in [6.45, 7) is 1.47. The van der Waals surface area contributed by atoms with Gasteiger partial charge in [-0.05, 0) is 43.3 Å². The summed E-state index contributed by atoms with van der Waals surface area (Å²) in [7, 11) is 1.52. The van der Waals surface area contributed by atoms with E-state index in [1.807, 2.05) is 0 Å². The average molecular weight is 375 g/mol.